The molecule has 2 heterocycles. The van der Waals surface area contributed by atoms with Gasteiger partial charge in [0.1, 0.15) is 17.2 Å². The summed E-state index contributed by atoms with van der Waals surface area (Å²) in [5.74, 6) is 0.816. The van der Waals surface area contributed by atoms with Crippen LogP contribution in [0.4, 0.5) is 5.69 Å². The van der Waals surface area contributed by atoms with Crippen molar-refractivity contribution in [1.29, 1.82) is 0 Å². The number of nitrogens with zero attached hydrogens (tertiary/aromatic N) is 2. The first-order valence-corrected chi connectivity index (χ1v) is 9.56. The second kappa shape index (κ2) is 8.21. The summed E-state index contributed by atoms with van der Waals surface area (Å²) >= 11 is 6.18. The van der Waals surface area contributed by atoms with Gasteiger partial charge < -0.3 is 23.9 Å². The van der Waals surface area contributed by atoms with Crippen LogP contribution in [-0.2, 0) is 13.6 Å². The van der Waals surface area contributed by atoms with Crippen LogP contribution < -0.4 is 20.3 Å². The SMILES string of the molecule is COc1cc(OC)c(NC(=O)c2cc3c(=O)n(CC(C)C)ccc3n2C)cc1Cl. The van der Waals surface area contributed by atoms with Crippen molar-refractivity contribution in [2.75, 3.05) is 19.5 Å². The molecule has 8 heteroatoms. The highest BCUT2D eigenvalue weighted by Crippen LogP contribution is 2.36. The normalized spacial score (nSPS) is 11.1. The minimum atomic E-state index is -0.377. The maximum atomic E-state index is 12.9. The molecule has 29 heavy (non-hydrogen) atoms. The van der Waals surface area contributed by atoms with Crippen molar-refractivity contribution >= 4 is 34.1 Å². The molecule has 0 radical (unpaired) electrons. The van der Waals surface area contributed by atoms with E-state index in [-0.39, 0.29) is 11.5 Å². The van der Waals surface area contributed by atoms with Gasteiger partial charge in [-0.15, -0.1) is 0 Å². The smallest absolute Gasteiger partial charge is 0.272 e. The number of nitrogens with one attached hydrogen (secondary N) is 1. The number of amides is 1. The molecule has 1 amide bonds. The van der Waals surface area contributed by atoms with E-state index >= 15 is 0 Å². The van der Waals surface area contributed by atoms with E-state index in [1.54, 1.807) is 40.6 Å². The number of anilines is 1. The summed E-state index contributed by atoms with van der Waals surface area (Å²) in [5.41, 5.74) is 1.34. The minimum Gasteiger partial charge on any atom is -0.495 e. The number of hydrogen-bond acceptors (Lipinski definition) is 4. The van der Waals surface area contributed by atoms with Crippen LogP contribution >= 0.6 is 11.6 Å². The fraction of sp³-hybridized carbons (Fsp3) is 0.333. The third-order valence-corrected chi connectivity index (χ3v) is 5.00. The molecule has 3 aromatic rings. The maximum Gasteiger partial charge on any atom is 0.272 e. The van der Waals surface area contributed by atoms with E-state index in [1.165, 1.54) is 14.2 Å². The zero-order valence-electron chi connectivity index (χ0n) is 17.1. The molecule has 1 N–H and O–H groups in total. The van der Waals surface area contributed by atoms with Crippen molar-refractivity contribution in [3.63, 3.8) is 0 Å². The maximum absolute atomic E-state index is 12.9. The molecule has 154 valence electrons. The van der Waals surface area contributed by atoms with E-state index in [1.807, 2.05) is 19.9 Å². The molecule has 0 unspecified atom stereocenters. The second-order valence-corrected chi connectivity index (χ2v) is 7.60. The number of methoxy groups -OCH3 is 2. The molecule has 3 rings (SSSR count). The van der Waals surface area contributed by atoms with Gasteiger partial charge in [-0.25, -0.2) is 0 Å². The standard InChI is InChI=1S/C21H24ClN3O4/c1-12(2)11-25-7-6-16-13(21(25)27)8-17(24(16)3)20(26)23-15-9-14(22)18(28-4)10-19(15)29-5/h6-10,12H,11H2,1-5H3,(H,23,26). The van der Waals surface area contributed by atoms with E-state index in [0.717, 1.165) is 0 Å². The molecule has 7 nitrogen and oxygen atoms in total. The summed E-state index contributed by atoms with van der Waals surface area (Å²) in [4.78, 5) is 25.7. The third kappa shape index (κ3) is 3.96. The predicted molar refractivity (Wildman–Crippen MR) is 115 cm³/mol. The van der Waals surface area contributed by atoms with Crippen LogP contribution in [0.25, 0.3) is 10.9 Å². The van der Waals surface area contributed by atoms with Gasteiger partial charge in [-0.05, 0) is 24.1 Å². The molecule has 0 saturated heterocycles. The summed E-state index contributed by atoms with van der Waals surface area (Å²) in [5, 5.41) is 3.65. The molecule has 0 aliphatic heterocycles. The number of halogens is 1. The molecule has 1 aromatic carbocycles. The van der Waals surface area contributed by atoms with Gasteiger partial charge in [-0.1, -0.05) is 25.4 Å². The Balaban J connectivity index is 2.00. The lowest BCUT2D eigenvalue weighted by atomic mass is 10.2. The molecular formula is C21H24ClN3O4. The summed E-state index contributed by atoms with van der Waals surface area (Å²) in [6.45, 7) is 4.72. The number of fused-ring (bicyclic) bond motifs is 1. The Hall–Kier alpha value is -2.93. The van der Waals surface area contributed by atoms with Crippen LogP contribution in [0.3, 0.4) is 0 Å². The molecule has 2 aromatic heterocycles. The quantitative estimate of drug-likeness (QED) is 0.659. The van der Waals surface area contributed by atoms with Crippen molar-refractivity contribution in [3.05, 3.63) is 51.5 Å². The first kappa shape index (κ1) is 20.8. The third-order valence-electron chi connectivity index (χ3n) is 4.70. The Bertz CT molecular complexity index is 1130. The van der Waals surface area contributed by atoms with E-state index in [0.29, 0.717) is 51.3 Å². The Morgan fingerprint density at radius 2 is 1.86 bits per heavy atom. The Labute approximate surface area is 173 Å². The van der Waals surface area contributed by atoms with Crippen LogP contribution in [0.15, 0.2) is 35.3 Å². The van der Waals surface area contributed by atoms with Crippen LogP contribution in [0.2, 0.25) is 5.02 Å². The largest absolute Gasteiger partial charge is 0.495 e. The van der Waals surface area contributed by atoms with Crippen LogP contribution in [0, 0.1) is 5.92 Å². The summed E-state index contributed by atoms with van der Waals surface area (Å²) in [6.07, 6.45) is 1.76. The van der Waals surface area contributed by atoms with E-state index in [9.17, 15) is 9.59 Å². The minimum absolute atomic E-state index is 0.115. The Morgan fingerprint density at radius 1 is 1.17 bits per heavy atom. The molecule has 0 saturated carbocycles. The van der Waals surface area contributed by atoms with Crippen LogP contribution in [0.5, 0.6) is 11.5 Å². The lowest BCUT2D eigenvalue weighted by Gasteiger charge is -2.13. The molecule has 0 atom stereocenters. The first-order valence-electron chi connectivity index (χ1n) is 9.18. The van der Waals surface area contributed by atoms with E-state index in [4.69, 9.17) is 21.1 Å². The molecular weight excluding hydrogens is 394 g/mol. The number of carbonyl (C=O) groups excluding carboxylic acids is 1. The lowest BCUT2D eigenvalue weighted by Crippen LogP contribution is -2.21. The van der Waals surface area contributed by atoms with Crippen LogP contribution in [0.1, 0.15) is 24.3 Å². The highest BCUT2D eigenvalue weighted by atomic mass is 35.5. The number of hydrogen-bond donors (Lipinski definition) is 1. The lowest BCUT2D eigenvalue weighted by molar-refractivity contribution is 0.101. The van der Waals surface area contributed by atoms with Gasteiger partial charge in [0, 0.05) is 25.9 Å². The predicted octanol–water partition coefficient (Wildman–Crippen LogP) is 3.92. The monoisotopic (exact) mass is 417 g/mol. The van der Waals surface area contributed by atoms with Crippen molar-refractivity contribution < 1.29 is 14.3 Å². The van der Waals surface area contributed by atoms with E-state index < -0.39 is 0 Å². The summed E-state index contributed by atoms with van der Waals surface area (Å²) < 4.78 is 13.9. The molecule has 0 bridgehead atoms. The van der Waals surface area contributed by atoms with Gasteiger partial charge in [-0.3, -0.25) is 9.59 Å². The van der Waals surface area contributed by atoms with Crippen molar-refractivity contribution in [3.8, 4) is 11.5 Å². The van der Waals surface area contributed by atoms with E-state index in [2.05, 4.69) is 5.32 Å². The van der Waals surface area contributed by atoms with Gasteiger partial charge in [0.25, 0.3) is 11.5 Å². The number of aryl methyl sites for hydroxylation is 1. The fourth-order valence-corrected chi connectivity index (χ4v) is 3.51. The Kier molecular flexibility index (Phi) is 5.88. The number of pyridine rings is 1. The first-order chi connectivity index (χ1) is 13.8. The number of ether oxygens (including phenoxy) is 2. The zero-order chi connectivity index (χ0) is 21.3. The average molecular weight is 418 g/mol. The number of benzene rings is 1. The van der Waals surface area contributed by atoms with Crippen molar-refractivity contribution in [2.45, 2.75) is 20.4 Å². The van der Waals surface area contributed by atoms with Gasteiger partial charge >= 0.3 is 0 Å². The molecule has 0 spiro atoms. The topological polar surface area (TPSA) is 74.5 Å². The molecule has 0 aliphatic rings. The molecule has 0 aliphatic carbocycles. The Morgan fingerprint density at radius 3 is 2.48 bits per heavy atom. The van der Waals surface area contributed by atoms with Gasteiger partial charge in [-0.2, -0.15) is 0 Å². The zero-order valence-corrected chi connectivity index (χ0v) is 17.8. The summed E-state index contributed by atoms with van der Waals surface area (Å²) in [6, 6.07) is 6.63. The van der Waals surface area contributed by atoms with Gasteiger partial charge in [0.2, 0.25) is 0 Å². The second-order valence-electron chi connectivity index (χ2n) is 7.20. The highest BCUT2D eigenvalue weighted by Gasteiger charge is 2.19. The number of aromatic nitrogens is 2. The van der Waals surface area contributed by atoms with Crippen molar-refractivity contribution in [1.82, 2.24) is 9.13 Å². The fourth-order valence-electron chi connectivity index (χ4n) is 3.27. The molecule has 0 fully saturated rings. The number of rotatable bonds is 6. The highest BCUT2D eigenvalue weighted by molar-refractivity contribution is 6.32. The van der Waals surface area contributed by atoms with Crippen LogP contribution in [-0.4, -0.2) is 29.3 Å². The number of carbonyl (C=O) groups is 1. The summed E-state index contributed by atoms with van der Waals surface area (Å²) in [7, 11) is 4.74. The van der Waals surface area contributed by atoms with Gasteiger partial charge in [0.05, 0.1) is 35.8 Å². The van der Waals surface area contributed by atoms with Crippen molar-refractivity contribution in [2.24, 2.45) is 13.0 Å². The average Bonchev–Trinajstić information content (AvgIpc) is 3.01. The van der Waals surface area contributed by atoms with Gasteiger partial charge in [0.15, 0.2) is 0 Å².